The van der Waals surface area contributed by atoms with Crippen molar-refractivity contribution in [1.82, 2.24) is 0 Å². The first-order chi connectivity index (χ1) is 15.4. The van der Waals surface area contributed by atoms with Crippen LogP contribution in [0.4, 0.5) is 5.69 Å². The zero-order valence-corrected chi connectivity index (χ0v) is 19.8. The van der Waals surface area contributed by atoms with E-state index in [9.17, 15) is 4.79 Å². The lowest BCUT2D eigenvalue weighted by molar-refractivity contribution is -0.118. The molecule has 0 aliphatic carbocycles. The number of aryl methyl sites for hydroxylation is 1. The molecule has 4 nitrogen and oxygen atoms in total. The van der Waals surface area contributed by atoms with Crippen LogP contribution in [0.15, 0.2) is 54.6 Å². The van der Waals surface area contributed by atoms with Crippen molar-refractivity contribution in [3.63, 3.8) is 0 Å². The number of fused-ring (bicyclic) bond motifs is 1. The number of hydrogen-bond acceptors (Lipinski definition) is 3. The largest absolute Gasteiger partial charge is 0.490 e. The van der Waals surface area contributed by atoms with Gasteiger partial charge in [-0.15, -0.1) is 0 Å². The van der Waals surface area contributed by atoms with Gasteiger partial charge in [0, 0.05) is 15.7 Å². The van der Waals surface area contributed by atoms with Gasteiger partial charge in [0.15, 0.2) is 11.5 Å². The minimum absolute atomic E-state index is 0.0102. The average Bonchev–Trinajstić information content (AvgIpc) is 2.77. The molecule has 0 N–H and O–H groups in total. The number of benzene rings is 3. The molecule has 1 unspecified atom stereocenters. The highest BCUT2D eigenvalue weighted by molar-refractivity contribution is 6.31. The molecule has 32 heavy (non-hydrogen) atoms. The fourth-order valence-corrected chi connectivity index (χ4v) is 4.39. The summed E-state index contributed by atoms with van der Waals surface area (Å²) in [4.78, 5) is 15.3. The number of carbonyl (C=O) groups excluding carboxylic acids is 1. The first-order valence-corrected chi connectivity index (χ1v) is 11.4. The van der Waals surface area contributed by atoms with Crippen molar-refractivity contribution in [2.75, 3.05) is 18.1 Å². The summed E-state index contributed by atoms with van der Waals surface area (Å²) in [6.45, 7) is 6.84. The van der Waals surface area contributed by atoms with Crippen LogP contribution in [0.25, 0.3) is 0 Å². The predicted molar refractivity (Wildman–Crippen MR) is 129 cm³/mol. The summed E-state index contributed by atoms with van der Waals surface area (Å²) in [6, 6.07) is 16.9. The lowest BCUT2D eigenvalue weighted by Gasteiger charge is -2.38. The first-order valence-electron chi connectivity index (χ1n) is 10.7. The first kappa shape index (κ1) is 22.5. The molecule has 0 fully saturated rings. The predicted octanol–water partition coefficient (Wildman–Crippen LogP) is 6.78. The number of halogens is 2. The van der Waals surface area contributed by atoms with Gasteiger partial charge >= 0.3 is 0 Å². The third-order valence-electron chi connectivity index (χ3n) is 5.59. The monoisotopic (exact) mass is 469 g/mol. The van der Waals surface area contributed by atoms with E-state index >= 15 is 0 Å². The number of anilines is 1. The Morgan fingerprint density at radius 2 is 1.59 bits per heavy atom. The average molecular weight is 470 g/mol. The van der Waals surface area contributed by atoms with Gasteiger partial charge in [-0.05, 0) is 79.4 Å². The topological polar surface area (TPSA) is 38.8 Å². The van der Waals surface area contributed by atoms with E-state index in [1.807, 2.05) is 80.3 Å². The molecule has 1 atom stereocenters. The maximum Gasteiger partial charge on any atom is 0.232 e. The number of rotatable bonds is 6. The Balaban J connectivity index is 1.93. The van der Waals surface area contributed by atoms with E-state index in [1.54, 1.807) is 0 Å². The lowest BCUT2D eigenvalue weighted by Crippen LogP contribution is -2.41. The van der Waals surface area contributed by atoms with Gasteiger partial charge in [-0.2, -0.15) is 0 Å². The second-order valence-corrected chi connectivity index (χ2v) is 8.54. The Bertz CT molecular complexity index is 1140. The summed E-state index contributed by atoms with van der Waals surface area (Å²) in [5, 5.41) is 1.26. The van der Waals surface area contributed by atoms with Gasteiger partial charge in [0.25, 0.3) is 0 Å². The van der Waals surface area contributed by atoms with E-state index in [1.165, 1.54) is 0 Å². The molecule has 0 saturated heterocycles. The molecule has 1 amide bonds. The van der Waals surface area contributed by atoms with Crippen LogP contribution in [0.3, 0.4) is 0 Å². The van der Waals surface area contributed by atoms with Crippen molar-refractivity contribution in [1.29, 1.82) is 0 Å². The second-order valence-electron chi connectivity index (χ2n) is 7.69. The van der Waals surface area contributed by atoms with Crippen molar-refractivity contribution in [3.8, 4) is 11.5 Å². The van der Waals surface area contributed by atoms with Crippen LogP contribution in [-0.4, -0.2) is 19.1 Å². The Morgan fingerprint density at radius 1 is 0.938 bits per heavy atom. The molecule has 166 valence electrons. The van der Waals surface area contributed by atoms with E-state index in [-0.39, 0.29) is 18.4 Å². The number of hydrogen-bond donors (Lipinski definition) is 0. The van der Waals surface area contributed by atoms with Crippen LogP contribution < -0.4 is 14.4 Å². The van der Waals surface area contributed by atoms with Crippen LogP contribution in [-0.2, 0) is 11.2 Å². The van der Waals surface area contributed by atoms with E-state index in [0.717, 1.165) is 27.9 Å². The van der Waals surface area contributed by atoms with Gasteiger partial charge in [0.2, 0.25) is 5.91 Å². The Kier molecular flexibility index (Phi) is 6.63. The smallest absolute Gasteiger partial charge is 0.232 e. The summed E-state index contributed by atoms with van der Waals surface area (Å²) < 4.78 is 11.7. The van der Waals surface area contributed by atoms with Crippen molar-refractivity contribution in [2.45, 2.75) is 33.2 Å². The summed E-state index contributed by atoms with van der Waals surface area (Å²) in [5.41, 5.74) is 4.59. The molecule has 1 aliphatic rings. The molecule has 4 rings (SSSR count). The third kappa shape index (κ3) is 4.30. The van der Waals surface area contributed by atoms with Gasteiger partial charge in [-0.1, -0.05) is 41.4 Å². The summed E-state index contributed by atoms with van der Waals surface area (Å²) >= 11 is 12.6. The number of ether oxygens (including phenoxy) is 2. The van der Waals surface area contributed by atoms with Gasteiger partial charge in [0.1, 0.15) is 0 Å². The van der Waals surface area contributed by atoms with E-state index in [2.05, 4.69) is 0 Å². The summed E-state index contributed by atoms with van der Waals surface area (Å²) in [6.07, 6.45) is 0.261. The maximum atomic E-state index is 13.5. The fourth-order valence-electron chi connectivity index (χ4n) is 4.09. The second kappa shape index (κ2) is 9.43. The van der Waals surface area contributed by atoms with Crippen LogP contribution in [0.1, 0.15) is 42.1 Å². The quantitative estimate of drug-likeness (QED) is 0.399. The number of amides is 1. The van der Waals surface area contributed by atoms with Crippen molar-refractivity contribution < 1.29 is 14.3 Å². The summed E-state index contributed by atoms with van der Waals surface area (Å²) in [5.74, 6) is 1.31. The zero-order valence-electron chi connectivity index (χ0n) is 18.3. The minimum atomic E-state index is -0.350. The SMILES string of the molecule is CCOc1cc2c(cc1OCC)C(c1ccc(Cl)cc1)N(c1ccc(C)c(Cl)c1)C(=O)C2. The van der Waals surface area contributed by atoms with Crippen molar-refractivity contribution in [2.24, 2.45) is 0 Å². The molecule has 1 aliphatic heterocycles. The maximum absolute atomic E-state index is 13.5. The summed E-state index contributed by atoms with van der Waals surface area (Å²) in [7, 11) is 0. The van der Waals surface area contributed by atoms with E-state index < -0.39 is 0 Å². The molecule has 0 spiro atoms. The zero-order chi connectivity index (χ0) is 22.8. The van der Waals surface area contributed by atoms with Crippen molar-refractivity contribution >= 4 is 34.8 Å². The molecule has 0 radical (unpaired) electrons. The standard InChI is InChI=1S/C26H25Cl2NO3/c1-4-31-23-12-18-13-25(30)29(20-11-6-16(3)22(28)14-20)26(17-7-9-19(27)10-8-17)21(18)15-24(23)32-5-2/h6-12,14-15,26H,4-5,13H2,1-3H3. The molecule has 0 saturated carbocycles. The van der Waals surface area contributed by atoms with Crippen LogP contribution in [0.5, 0.6) is 11.5 Å². The molecule has 3 aromatic rings. The van der Waals surface area contributed by atoms with Gasteiger partial charge in [-0.3, -0.25) is 4.79 Å². The van der Waals surface area contributed by atoms with Gasteiger partial charge in [-0.25, -0.2) is 0 Å². The molecule has 3 aromatic carbocycles. The Labute approximate surface area is 198 Å². The third-order valence-corrected chi connectivity index (χ3v) is 6.25. The number of nitrogens with zero attached hydrogens (tertiary/aromatic N) is 1. The molecule has 1 heterocycles. The molecule has 6 heteroatoms. The lowest BCUT2D eigenvalue weighted by atomic mass is 9.86. The van der Waals surface area contributed by atoms with Crippen LogP contribution in [0, 0.1) is 6.92 Å². The molecular formula is C26H25Cl2NO3. The number of carbonyl (C=O) groups is 1. The normalized spacial score (nSPS) is 15.5. The van der Waals surface area contributed by atoms with Crippen LogP contribution >= 0.6 is 23.2 Å². The fraction of sp³-hybridized carbons (Fsp3) is 0.269. The minimum Gasteiger partial charge on any atom is -0.490 e. The molecular weight excluding hydrogens is 445 g/mol. The highest BCUT2D eigenvalue weighted by Crippen LogP contribution is 2.44. The Morgan fingerprint density at radius 3 is 2.22 bits per heavy atom. The van der Waals surface area contributed by atoms with Gasteiger partial charge < -0.3 is 14.4 Å². The van der Waals surface area contributed by atoms with Crippen molar-refractivity contribution in [3.05, 3.63) is 86.9 Å². The Hall–Kier alpha value is -2.69. The van der Waals surface area contributed by atoms with E-state index in [0.29, 0.717) is 34.8 Å². The highest BCUT2D eigenvalue weighted by Gasteiger charge is 2.36. The molecule has 0 bridgehead atoms. The molecule has 0 aromatic heterocycles. The van der Waals surface area contributed by atoms with E-state index in [4.69, 9.17) is 32.7 Å². The highest BCUT2D eigenvalue weighted by atomic mass is 35.5. The van der Waals surface area contributed by atoms with Crippen LogP contribution in [0.2, 0.25) is 10.0 Å². The van der Waals surface area contributed by atoms with Gasteiger partial charge in [0.05, 0.1) is 25.7 Å².